The summed E-state index contributed by atoms with van der Waals surface area (Å²) in [5.41, 5.74) is 7.75. The van der Waals surface area contributed by atoms with Crippen LogP contribution in [0.25, 0.3) is 0 Å². The van der Waals surface area contributed by atoms with Gasteiger partial charge in [0.05, 0.1) is 0 Å². The van der Waals surface area contributed by atoms with Crippen molar-refractivity contribution in [3.63, 3.8) is 0 Å². The molecule has 19 heavy (non-hydrogen) atoms. The molecule has 0 amide bonds. The van der Waals surface area contributed by atoms with Gasteiger partial charge in [0.15, 0.2) is 0 Å². The van der Waals surface area contributed by atoms with Crippen LogP contribution in [0.4, 0.5) is 0 Å². The van der Waals surface area contributed by atoms with Crippen molar-refractivity contribution in [3.05, 3.63) is 64.7 Å². The summed E-state index contributed by atoms with van der Waals surface area (Å²) in [6.45, 7) is 1.18. The van der Waals surface area contributed by atoms with Gasteiger partial charge in [-0.05, 0) is 37.1 Å². The Morgan fingerprint density at radius 2 is 1.63 bits per heavy atom. The van der Waals surface area contributed by atoms with Gasteiger partial charge in [-0.3, -0.25) is 0 Å². The van der Waals surface area contributed by atoms with Crippen molar-refractivity contribution in [2.75, 3.05) is 6.54 Å². The number of nitrogens with two attached hydrogens (primary N) is 1. The van der Waals surface area contributed by atoms with Crippen LogP contribution in [0.3, 0.4) is 0 Å². The number of rotatable bonds is 6. The highest BCUT2D eigenvalue weighted by Crippen LogP contribution is 2.22. The van der Waals surface area contributed by atoms with Gasteiger partial charge in [0, 0.05) is 10.6 Å². The molecule has 0 aliphatic rings. The average molecular weight is 276 g/mol. The lowest BCUT2D eigenvalue weighted by molar-refractivity contribution is 0.303. The quantitative estimate of drug-likeness (QED) is 0.870. The van der Waals surface area contributed by atoms with Crippen molar-refractivity contribution in [2.45, 2.75) is 19.4 Å². The zero-order valence-corrected chi connectivity index (χ0v) is 11.6. The number of hydrogen-bond donors (Lipinski definition) is 1. The van der Waals surface area contributed by atoms with E-state index in [-0.39, 0.29) is 0 Å². The summed E-state index contributed by atoms with van der Waals surface area (Å²) in [5.74, 6) is 0.913. The van der Waals surface area contributed by atoms with Crippen LogP contribution in [-0.4, -0.2) is 6.54 Å². The Morgan fingerprint density at radius 3 is 2.37 bits per heavy atom. The van der Waals surface area contributed by atoms with Gasteiger partial charge >= 0.3 is 0 Å². The fourth-order valence-corrected chi connectivity index (χ4v) is 2.10. The van der Waals surface area contributed by atoms with Gasteiger partial charge < -0.3 is 10.5 Å². The van der Waals surface area contributed by atoms with E-state index in [9.17, 15) is 0 Å². The van der Waals surface area contributed by atoms with Gasteiger partial charge in [0.2, 0.25) is 0 Å². The molecular formula is C16H18ClNO. The van der Waals surface area contributed by atoms with Crippen molar-refractivity contribution in [2.24, 2.45) is 5.73 Å². The second-order valence-electron chi connectivity index (χ2n) is 4.38. The molecule has 0 unspecified atom stereocenters. The lowest BCUT2D eigenvalue weighted by Gasteiger charge is -2.12. The van der Waals surface area contributed by atoms with E-state index in [4.69, 9.17) is 22.1 Å². The summed E-state index contributed by atoms with van der Waals surface area (Å²) >= 11 is 6.12. The molecule has 2 aromatic rings. The molecular weight excluding hydrogens is 258 g/mol. The molecule has 0 heterocycles. The van der Waals surface area contributed by atoms with Crippen molar-refractivity contribution in [3.8, 4) is 5.75 Å². The first kappa shape index (κ1) is 13.9. The van der Waals surface area contributed by atoms with E-state index < -0.39 is 0 Å². The molecule has 100 valence electrons. The monoisotopic (exact) mass is 275 g/mol. The van der Waals surface area contributed by atoms with E-state index in [0.29, 0.717) is 13.2 Å². The minimum Gasteiger partial charge on any atom is -0.489 e. The predicted octanol–water partition coefficient (Wildman–Crippen LogP) is 3.81. The van der Waals surface area contributed by atoms with Crippen LogP contribution in [0.5, 0.6) is 5.75 Å². The maximum Gasteiger partial charge on any atom is 0.122 e. The van der Waals surface area contributed by atoms with E-state index in [0.717, 1.165) is 29.2 Å². The smallest absolute Gasteiger partial charge is 0.122 e. The minimum absolute atomic E-state index is 0.485. The molecule has 0 saturated carbocycles. The third kappa shape index (κ3) is 3.98. The van der Waals surface area contributed by atoms with Crippen LogP contribution in [-0.2, 0) is 13.0 Å². The van der Waals surface area contributed by atoms with Gasteiger partial charge in [-0.25, -0.2) is 0 Å². The van der Waals surface area contributed by atoms with E-state index in [1.54, 1.807) is 0 Å². The lowest BCUT2D eigenvalue weighted by Crippen LogP contribution is -2.03. The highest BCUT2D eigenvalue weighted by molar-refractivity contribution is 6.31. The van der Waals surface area contributed by atoms with Crippen LogP contribution in [0.2, 0.25) is 5.02 Å². The standard InChI is InChI=1S/C16H18ClNO/c17-15-9-3-1-7-14(15)12-19-16-10-4-2-6-13(16)8-5-11-18/h1-4,6-7,9-10H,5,8,11-12,18H2. The van der Waals surface area contributed by atoms with Crippen LogP contribution < -0.4 is 10.5 Å². The summed E-state index contributed by atoms with van der Waals surface area (Å²) in [7, 11) is 0. The Kier molecular flexibility index (Phi) is 5.25. The fraction of sp³-hybridized carbons (Fsp3) is 0.250. The maximum atomic E-state index is 6.12. The second-order valence-corrected chi connectivity index (χ2v) is 4.79. The predicted molar refractivity (Wildman–Crippen MR) is 79.6 cm³/mol. The SMILES string of the molecule is NCCCc1ccccc1OCc1ccccc1Cl. The Bertz CT molecular complexity index is 528. The molecule has 2 aromatic carbocycles. The van der Waals surface area contributed by atoms with Crippen LogP contribution >= 0.6 is 11.6 Å². The number of aryl methyl sites for hydroxylation is 1. The van der Waals surface area contributed by atoms with Gasteiger partial charge in [-0.1, -0.05) is 48.0 Å². The molecule has 2 rings (SSSR count). The number of para-hydroxylation sites is 1. The summed E-state index contributed by atoms with van der Waals surface area (Å²) in [5, 5.41) is 0.738. The molecule has 3 heteroatoms. The Balaban J connectivity index is 2.05. The number of ether oxygens (including phenoxy) is 1. The molecule has 2 nitrogen and oxygen atoms in total. The minimum atomic E-state index is 0.485. The molecule has 0 fully saturated rings. The normalized spacial score (nSPS) is 10.4. The van der Waals surface area contributed by atoms with Gasteiger partial charge in [-0.15, -0.1) is 0 Å². The van der Waals surface area contributed by atoms with Crippen molar-refractivity contribution >= 4 is 11.6 Å². The number of benzene rings is 2. The zero-order chi connectivity index (χ0) is 13.5. The topological polar surface area (TPSA) is 35.2 Å². The maximum absolute atomic E-state index is 6.12. The van der Waals surface area contributed by atoms with E-state index in [1.807, 2.05) is 42.5 Å². The summed E-state index contributed by atoms with van der Waals surface area (Å²) in [6.07, 6.45) is 1.90. The van der Waals surface area contributed by atoms with Crippen molar-refractivity contribution in [1.82, 2.24) is 0 Å². The largest absolute Gasteiger partial charge is 0.489 e. The molecule has 0 saturated heterocycles. The molecule has 0 atom stereocenters. The molecule has 0 radical (unpaired) electrons. The summed E-state index contributed by atoms with van der Waals surface area (Å²) in [4.78, 5) is 0. The fourth-order valence-electron chi connectivity index (χ4n) is 1.91. The van der Waals surface area contributed by atoms with Crippen LogP contribution in [0.15, 0.2) is 48.5 Å². The molecule has 0 aromatic heterocycles. The summed E-state index contributed by atoms with van der Waals surface area (Å²) < 4.78 is 5.88. The van der Waals surface area contributed by atoms with Gasteiger partial charge in [-0.2, -0.15) is 0 Å². The highest BCUT2D eigenvalue weighted by Gasteiger charge is 2.04. The Labute approximate surface area is 119 Å². The molecule has 0 aliphatic carbocycles. The first-order valence-corrected chi connectivity index (χ1v) is 6.83. The zero-order valence-electron chi connectivity index (χ0n) is 10.8. The van der Waals surface area contributed by atoms with Crippen molar-refractivity contribution in [1.29, 1.82) is 0 Å². The van der Waals surface area contributed by atoms with E-state index in [1.165, 1.54) is 5.56 Å². The van der Waals surface area contributed by atoms with Crippen LogP contribution in [0.1, 0.15) is 17.5 Å². The number of hydrogen-bond acceptors (Lipinski definition) is 2. The molecule has 0 spiro atoms. The Morgan fingerprint density at radius 1 is 0.947 bits per heavy atom. The summed E-state index contributed by atoms with van der Waals surface area (Å²) in [6, 6.07) is 15.8. The molecule has 2 N–H and O–H groups in total. The first-order chi connectivity index (χ1) is 9.31. The first-order valence-electron chi connectivity index (χ1n) is 6.45. The van der Waals surface area contributed by atoms with Crippen molar-refractivity contribution < 1.29 is 4.74 Å². The second kappa shape index (κ2) is 7.17. The lowest BCUT2D eigenvalue weighted by atomic mass is 10.1. The average Bonchev–Trinajstić information content (AvgIpc) is 2.45. The Hall–Kier alpha value is -1.51. The van der Waals surface area contributed by atoms with E-state index >= 15 is 0 Å². The van der Waals surface area contributed by atoms with Gasteiger partial charge in [0.25, 0.3) is 0 Å². The van der Waals surface area contributed by atoms with Gasteiger partial charge in [0.1, 0.15) is 12.4 Å². The third-order valence-electron chi connectivity index (χ3n) is 2.96. The molecule has 0 bridgehead atoms. The third-order valence-corrected chi connectivity index (χ3v) is 3.33. The molecule has 0 aliphatic heterocycles. The highest BCUT2D eigenvalue weighted by atomic mass is 35.5. The van der Waals surface area contributed by atoms with E-state index in [2.05, 4.69) is 6.07 Å². The van der Waals surface area contributed by atoms with Crippen LogP contribution in [0, 0.1) is 0 Å². The number of halogens is 1.